The van der Waals surface area contributed by atoms with E-state index in [1.165, 1.54) is 0 Å². The number of ether oxygens (including phenoxy) is 3. The van der Waals surface area contributed by atoms with Crippen molar-refractivity contribution < 1.29 is 19.0 Å². The highest BCUT2D eigenvalue weighted by Gasteiger charge is 2.34. The molecule has 2 aromatic carbocycles. The molecule has 1 fully saturated rings. The Morgan fingerprint density at radius 2 is 1.71 bits per heavy atom. The number of carbonyl (C=O) groups is 1. The highest BCUT2D eigenvalue weighted by molar-refractivity contribution is 5.95. The van der Waals surface area contributed by atoms with Crippen molar-refractivity contribution in [2.24, 2.45) is 0 Å². The zero-order chi connectivity index (χ0) is 17.1. The quantitative estimate of drug-likeness (QED) is 0.865. The van der Waals surface area contributed by atoms with Crippen molar-refractivity contribution in [1.82, 2.24) is 4.90 Å². The van der Waals surface area contributed by atoms with Crippen LogP contribution in [0.2, 0.25) is 0 Å². The molecule has 5 nitrogen and oxygen atoms in total. The van der Waals surface area contributed by atoms with Crippen LogP contribution in [0.25, 0.3) is 0 Å². The van der Waals surface area contributed by atoms with Crippen molar-refractivity contribution in [3.05, 3.63) is 59.7 Å². The van der Waals surface area contributed by atoms with Crippen molar-refractivity contribution in [3.8, 4) is 11.5 Å². The SMILES string of the molecule is COc1cc(OC)cc(C(=O)N2CC(c3ccccc3)OC2C)c1. The van der Waals surface area contributed by atoms with E-state index in [2.05, 4.69) is 0 Å². The molecule has 0 aliphatic carbocycles. The number of amides is 1. The highest BCUT2D eigenvalue weighted by Crippen LogP contribution is 2.31. The first kappa shape index (κ1) is 16.3. The van der Waals surface area contributed by atoms with Crippen LogP contribution in [0.15, 0.2) is 48.5 Å². The van der Waals surface area contributed by atoms with E-state index in [-0.39, 0.29) is 18.2 Å². The highest BCUT2D eigenvalue weighted by atomic mass is 16.5. The maximum absolute atomic E-state index is 12.9. The van der Waals surface area contributed by atoms with Gasteiger partial charge in [0.1, 0.15) is 23.8 Å². The van der Waals surface area contributed by atoms with Crippen molar-refractivity contribution in [3.63, 3.8) is 0 Å². The minimum atomic E-state index is -0.292. The minimum Gasteiger partial charge on any atom is -0.497 e. The van der Waals surface area contributed by atoms with Crippen LogP contribution in [0.5, 0.6) is 11.5 Å². The van der Waals surface area contributed by atoms with Gasteiger partial charge >= 0.3 is 0 Å². The Hall–Kier alpha value is -2.53. The molecule has 2 aromatic rings. The standard InChI is InChI=1S/C19H21NO4/c1-13-20(12-18(24-13)14-7-5-4-6-8-14)19(21)15-9-16(22-2)11-17(10-15)23-3/h4-11,13,18H,12H2,1-3H3. The molecule has 1 saturated heterocycles. The Bertz CT molecular complexity index is 694. The molecule has 0 N–H and O–H groups in total. The first-order valence-electron chi connectivity index (χ1n) is 7.87. The van der Waals surface area contributed by atoms with E-state index in [0.29, 0.717) is 23.6 Å². The molecule has 0 bridgehead atoms. The Kier molecular flexibility index (Phi) is 4.71. The van der Waals surface area contributed by atoms with Crippen molar-refractivity contribution >= 4 is 5.91 Å². The molecule has 0 saturated carbocycles. The van der Waals surface area contributed by atoms with Crippen LogP contribution in [0.3, 0.4) is 0 Å². The molecule has 1 heterocycles. The second-order valence-electron chi connectivity index (χ2n) is 5.69. The first-order valence-corrected chi connectivity index (χ1v) is 7.87. The molecule has 2 unspecified atom stereocenters. The average Bonchev–Trinajstić information content (AvgIpc) is 3.03. The summed E-state index contributed by atoms with van der Waals surface area (Å²) in [4.78, 5) is 14.6. The lowest BCUT2D eigenvalue weighted by atomic mass is 10.1. The fourth-order valence-corrected chi connectivity index (χ4v) is 2.88. The molecule has 3 rings (SSSR count). The van der Waals surface area contributed by atoms with Gasteiger partial charge < -0.3 is 19.1 Å². The predicted molar refractivity (Wildman–Crippen MR) is 90.3 cm³/mol. The molecule has 1 amide bonds. The molecule has 126 valence electrons. The molecule has 2 atom stereocenters. The third-order valence-corrected chi connectivity index (χ3v) is 4.19. The lowest BCUT2D eigenvalue weighted by Crippen LogP contribution is -2.34. The van der Waals surface area contributed by atoms with Gasteiger partial charge in [-0.15, -0.1) is 0 Å². The maximum atomic E-state index is 12.9. The van der Waals surface area contributed by atoms with Crippen LogP contribution in [0.4, 0.5) is 0 Å². The largest absolute Gasteiger partial charge is 0.497 e. The Morgan fingerprint density at radius 1 is 1.08 bits per heavy atom. The van der Waals surface area contributed by atoms with E-state index >= 15 is 0 Å². The molecule has 0 aromatic heterocycles. The number of nitrogens with zero attached hydrogens (tertiary/aromatic N) is 1. The van der Waals surface area contributed by atoms with E-state index in [1.54, 1.807) is 37.3 Å². The van der Waals surface area contributed by atoms with Gasteiger partial charge in [0.25, 0.3) is 5.91 Å². The third kappa shape index (κ3) is 3.21. The van der Waals surface area contributed by atoms with Crippen LogP contribution in [-0.2, 0) is 4.74 Å². The number of carbonyl (C=O) groups excluding carboxylic acids is 1. The Morgan fingerprint density at radius 3 is 2.29 bits per heavy atom. The summed E-state index contributed by atoms with van der Waals surface area (Å²) < 4.78 is 16.4. The van der Waals surface area contributed by atoms with Crippen LogP contribution >= 0.6 is 0 Å². The maximum Gasteiger partial charge on any atom is 0.256 e. The summed E-state index contributed by atoms with van der Waals surface area (Å²) in [6, 6.07) is 15.1. The van der Waals surface area contributed by atoms with Crippen LogP contribution in [-0.4, -0.2) is 37.8 Å². The third-order valence-electron chi connectivity index (χ3n) is 4.19. The molecule has 0 spiro atoms. The smallest absolute Gasteiger partial charge is 0.256 e. The lowest BCUT2D eigenvalue weighted by molar-refractivity contribution is 0.0137. The van der Waals surface area contributed by atoms with Gasteiger partial charge in [0.2, 0.25) is 0 Å². The second kappa shape index (κ2) is 6.93. The van der Waals surface area contributed by atoms with Crippen LogP contribution in [0.1, 0.15) is 28.9 Å². The summed E-state index contributed by atoms with van der Waals surface area (Å²) in [7, 11) is 3.13. The normalized spacial score (nSPS) is 20.0. The van der Waals surface area contributed by atoms with Crippen LogP contribution in [0, 0.1) is 0 Å². The fraction of sp³-hybridized carbons (Fsp3) is 0.316. The van der Waals surface area contributed by atoms with E-state index < -0.39 is 0 Å². The van der Waals surface area contributed by atoms with Crippen molar-refractivity contribution in [2.45, 2.75) is 19.3 Å². The molecule has 24 heavy (non-hydrogen) atoms. The molecule has 1 aliphatic heterocycles. The summed E-state index contributed by atoms with van der Waals surface area (Å²) in [6.45, 7) is 2.40. The number of hydrogen-bond donors (Lipinski definition) is 0. The Labute approximate surface area is 141 Å². The Balaban J connectivity index is 1.83. The second-order valence-corrected chi connectivity index (χ2v) is 5.69. The summed E-state index contributed by atoms with van der Waals surface area (Å²) in [6.07, 6.45) is -0.405. The van der Waals surface area contributed by atoms with Crippen molar-refractivity contribution in [1.29, 1.82) is 0 Å². The number of methoxy groups -OCH3 is 2. The fourth-order valence-electron chi connectivity index (χ4n) is 2.88. The predicted octanol–water partition coefficient (Wildman–Crippen LogP) is 3.26. The molecule has 1 aliphatic rings. The van der Waals surface area contributed by atoms with Gasteiger partial charge in [-0.05, 0) is 24.6 Å². The monoisotopic (exact) mass is 327 g/mol. The topological polar surface area (TPSA) is 48.0 Å². The van der Waals surface area contributed by atoms with E-state index in [4.69, 9.17) is 14.2 Å². The van der Waals surface area contributed by atoms with Gasteiger partial charge in [-0.2, -0.15) is 0 Å². The van der Waals surface area contributed by atoms with Gasteiger partial charge in [0.15, 0.2) is 0 Å². The minimum absolute atomic E-state index is 0.0990. The van der Waals surface area contributed by atoms with E-state index in [1.807, 2.05) is 37.3 Å². The summed E-state index contributed by atoms with van der Waals surface area (Å²) in [5, 5.41) is 0. The zero-order valence-corrected chi connectivity index (χ0v) is 14.1. The number of rotatable bonds is 4. The van der Waals surface area contributed by atoms with Crippen molar-refractivity contribution in [2.75, 3.05) is 20.8 Å². The lowest BCUT2D eigenvalue weighted by Gasteiger charge is -2.20. The molecule has 5 heteroatoms. The van der Waals surface area contributed by atoms with Gasteiger partial charge in [0.05, 0.1) is 20.8 Å². The van der Waals surface area contributed by atoms with Gasteiger partial charge in [-0.3, -0.25) is 4.79 Å². The molecule has 0 radical (unpaired) electrons. The summed E-state index contributed by atoms with van der Waals surface area (Å²) in [5.74, 6) is 1.08. The van der Waals surface area contributed by atoms with Gasteiger partial charge in [-0.25, -0.2) is 0 Å². The number of hydrogen-bond acceptors (Lipinski definition) is 4. The zero-order valence-electron chi connectivity index (χ0n) is 14.1. The average molecular weight is 327 g/mol. The molecular formula is C19H21NO4. The summed E-state index contributed by atoms with van der Waals surface area (Å²) in [5.41, 5.74) is 1.60. The van der Waals surface area contributed by atoms with E-state index in [0.717, 1.165) is 5.56 Å². The molecular weight excluding hydrogens is 306 g/mol. The number of benzene rings is 2. The van der Waals surface area contributed by atoms with Gasteiger partial charge in [-0.1, -0.05) is 30.3 Å². The van der Waals surface area contributed by atoms with Crippen LogP contribution < -0.4 is 9.47 Å². The van der Waals surface area contributed by atoms with E-state index in [9.17, 15) is 4.79 Å². The summed E-state index contributed by atoms with van der Waals surface area (Å²) >= 11 is 0. The first-order chi connectivity index (χ1) is 11.6. The van der Waals surface area contributed by atoms with Gasteiger partial charge in [0, 0.05) is 11.6 Å².